The van der Waals surface area contributed by atoms with Crippen LogP contribution in [0.2, 0.25) is 0 Å². The molecule has 1 fully saturated rings. The lowest BCUT2D eigenvalue weighted by Crippen LogP contribution is -2.47. The van der Waals surface area contributed by atoms with Gasteiger partial charge in [0.1, 0.15) is 0 Å². The lowest BCUT2D eigenvalue weighted by atomic mass is 9.82. The predicted molar refractivity (Wildman–Crippen MR) is 79.7 cm³/mol. The van der Waals surface area contributed by atoms with Crippen LogP contribution in [0.15, 0.2) is 17.5 Å². The van der Waals surface area contributed by atoms with Gasteiger partial charge in [-0.2, -0.15) is 0 Å². The van der Waals surface area contributed by atoms with Crippen LogP contribution in [0.5, 0.6) is 0 Å². The van der Waals surface area contributed by atoms with Crippen molar-refractivity contribution < 1.29 is 9.84 Å². The van der Waals surface area contributed by atoms with E-state index < -0.39 is 0 Å². The molecule has 1 aliphatic heterocycles. The summed E-state index contributed by atoms with van der Waals surface area (Å²) >= 11 is 1.82. The largest absolute Gasteiger partial charge is 0.396 e. The summed E-state index contributed by atoms with van der Waals surface area (Å²) in [5, 5.41) is 11.9. The third kappa shape index (κ3) is 4.02. The van der Waals surface area contributed by atoms with E-state index in [1.807, 2.05) is 11.3 Å². The van der Waals surface area contributed by atoms with Gasteiger partial charge < -0.3 is 14.7 Å². The third-order valence-electron chi connectivity index (χ3n) is 4.15. The van der Waals surface area contributed by atoms with Crippen molar-refractivity contribution in [3.63, 3.8) is 0 Å². The zero-order valence-electron chi connectivity index (χ0n) is 12.0. The highest BCUT2D eigenvalue weighted by Crippen LogP contribution is 2.29. The lowest BCUT2D eigenvalue weighted by Gasteiger charge is -2.40. The molecule has 0 bridgehead atoms. The maximum Gasteiger partial charge on any atom is 0.0556 e. The SMILES string of the molecule is CC(Cc1cccs1)N(C)CC1(CO)CCCOC1. The normalized spacial score (nSPS) is 25.7. The van der Waals surface area contributed by atoms with Crippen LogP contribution in [-0.4, -0.2) is 49.5 Å². The van der Waals surface area contributed by atoms with Crippen molar-refractivity contribution in [3.05, 3.63) is 22.4 Å². The molecule has 2 atom stereocenters. The monoisotopic (exact) mass is 283 g/mol. The van der Waals surface area contributed by atoms with E-state index in [1.54, 1.807) is 0 Å². The van der Waals surface area contributed by atoms with Crippen molar-refractivity contribution in [1.82, 2.24) is 4.90 Å². The Hall–Kier alpha value is -0.420. The molecule has 3 nitrogen and oxygen atoms in total. The molecule has 0 radical (unpaired) electrons. The zero-order chi connectivity index (χ0) is 13.7. The molecule has 2 rings (SSSR count). The van der Waals surface area contributed by atoms with Crippen molar-refractivity contribution in [2.75, 3.05) is 33.4 Å². The van der Waals surface area contributed by atoms with Crippen LogP contribution >= 0.6 is 11.3 Å². The van der Waals surface area contributed by atoms with Crippen molar-refractivity contribution in [3.8, 4) is 0 Å². The van der Waals surface area contributed by atoms with E-state index in [4.69, 9.17) is 4.74 Å². The molecular weight excluding hydrogens is 258 g/mol. The fourth-order valence-corrected chi connectivity index (χ4v) is 3.60. The summed E-state index contributed by atoms with van der Waals surface area (Å²) in [7, 11) is 2.16. The molecule has 0 amide bonds. The predicted octanol–water partition coefficient (Wildman–Crippen LogP) is 2.40. The fourth-order valence-electron chi connectivity index (χ4n) is 2.77. The van der Waals surface area contributed by atoms with E-state index in [-0.39, 0.29) is 12.0 Å². The molecule has 1 N–H and O–H groups in total. The molecule has 19 heavy (non-hydrogen) atoms. The number of aliphatic hydroxyl groups is 1. The van der Waals surface area contributed by atoms with Crippen LogP contribution in [-0.2, 0) is 11.2 Å². The van der Waals surface area contributed by atoms with Gasteiger partial charge in [0.2, 0.25) is 0 Å². The van der Waals surface area contributed by atoms with Crippen molar-refractivity contribution in [2.45, 2.75) is 32.2 Å². The lowest BCUT2D eigenvalue weighted by molar-refractivity contribution is -0.0561. The van der Waals surface area contributed by atoms with Crippen LogP contribution in [0.1, 0.15) is 24.6 Å². The van der Waals surface area contributed by atoms with E-state index in [0.717, 1.165) is 32.4 Å². The van der Waals surface area contributed by atoms with Gasteiger partial charge in [0.25, 0.3) is 0 Å². The molecule has 2 unspecified atom stereocenters. The highest BCUT2D eigenvalue weighted by atomic mass is 32.1. The molecule has 1 aliphatic rings. The fraction of sp³-hybridized carbons (Fsp3) is 0.733. The van der Waals surface area contributed by atoms with E-state index in [0.29, 0.717) is 12.6 Å². The van der Waals surface area contributed by atoms with Gasteiger partial charge in [-0.1, -0.05) is 6.07 Å². The molecule has 1 aromatic rings. The second kappa shape index (κ2) is 6.84. The maximum absolute atomic E-state index is 9.72. The Bertz CT molecular complexity index is 360. The first-order chi connectivity index (χ1) is 9.15. The number of hydrogen-bond donors (Lipinski definition) is 1. The Morgan fingerprint density at radius 1 is 1.58 bits per heavy atom. The Kier molecular flexibility index (Phi) is 5.39. The van der Waals surface area contributed by atoms with E-state index in [9.17, 15) is 5.11 Å². The number of thiophene rings is 1. The number of aliphatic hydroxyl groups excluding tert-OH is 1. The smallest absolute Gasteiger partial charge is 0.0556 e. The molecule has 0 aliphatic carbocycles. The zero-order valence-corrected chi connectivity index (χ0v) is 12.8. The van der Waals surface area contributed by atoms with Crippen LogP contribution in [0.3, 0.4) is 0 Å². The molecule has 0 spiro atoms. The van der Waals surface area contributed by atoms with Crippen LogP contribution in [0, 0.1) is 5.41 Å². The van der Waals surface area contributed by atoms with Crippen LogP contribution < -0.4 is 0 Å². The summed E-state index contributed by atoms with van der Waals surface area (Å²) in [6, 6.07) is 4.79. The second-order valence-corrected chi connectivity index (χ2v) is 6.89. The van der Waals surface area contributed by atoms with Gasteiger partial charge in [-0.25, -0.2) is 0 Å². The van der Waals surface area contributed by atoms with E-state index >= 15 is 0 Å². The average Bonchev–Trinajstić information content (AvgIpc) is 2.92. The quantitative estimate of drug-likeness (QED) is 0.870. The summed E-state index contributed by atoms with van der Waals surface area (Å²) in [5.74, 6) is 0. The first kappa shape index (κ1) is 15.0. The number of rotatable bonds is 6. The molecular formula is C15H25NO2S. The van der Waals surface area contributed by atoms with Gasteiger partial charge in [-0.3, -0.25) is 0 Å². The summed E-state index contributed by atoms with van der Waals surface area (Å²) in [6.45, 7) is 4.93. The summed E-state index contributed by atoms with van der Waals surface area (Å²) in [6.07, 6.45) is 3.21. The molecule has 108 valence electrons. The second-order valence-electron chi connectivity index (χ2n) is 5.86. The molecule has 1 aromatic heterocycles. The Labute approximate surface area is 120 Å². The molecule has 1 saturated heterocycles. The first-order valence-electron chi connectivity index (χ1n) is 7.06. The van der Waals surface area contributed by atoms with Crippen molar-refractivity contribution in [2.24, 2.45) is 5.41 Å². The number of ether oxygens (including phenoxy) is 1. The standard InChI is InChI=1S/C15H25NO2S/c1-13(9-14-5-3-8-19-14)16(2)10-15(11-17)6-4-7-18-12-15/h3,5,8,13,17H,4,6-7,9-12H2,1-2H3. The number of hydrogen-bond acceptors (Lipinski definition) is 4. The van der Waals surface area contributed by atoms with Crippen LogP contribution in [0.4, 0.5) is 0 Å². The first-order valence-corrected chi connectivity index (χ1v) is 7.94. The van der Waals surface area contributed by atoms with Gasteiger partial charge in [-0.05, 0) is 44.7 Å². The van der Waals surface area contributed by atoms with E-state index in [1.165, 1.54) is 4.88 Å². The Morgan fingerprint density at radius 3 is 3.00 bits per heavy atom. The van der Waals surface area contributed by atoms with Gasteiger partial charge >= 0.3 is 0 Å². The molecule has 0 aromatic carbocycles. The van der Waals surface area contributed by atoms with Gasteiger partial charge in [-0.15, -0.1) is 11.3 Å². The minimum absolute atomic E-state index is 0.0588. The number of nitrogens with zero attached hydrogens (tertiary/aromatic N) is 1. The number of likely N-dealkylation sites (N-methyl/N-ethyl adjacent to an activating group) is 1. The Balaban J connectivity index is 1.89. The van der Waals surface area contributed by atoms with E-state index in [2.05, 4.69) is 36.4 Å². The highest BCUT2D eigenvalue weighted by molar-refractivity contribution is 7.09. The minimum Gasteiger partial charge on any atom is -0.396 e. The topological polar surface area (TPSA) is 32.7 Å². The van der Waals surface area contributed by atoms with Crippen LogP contribution in [0.25, 0.3) is 0 Å². The van der Waals surface area contributed by atoms with Crippen molar-refractivity contribution in [1.29, 1.82) is 0 Å². The summed E-state index contributed by atoms with van der Waals surface area (Å²) < 4.78 is 5.58. The summed E-state index contributed by atoms with van der Waals surface area (Å²) in [5.41, 5.74) is -0.0588. The highest BCUT2D eigenvalue weighted by Gasteiger charge is 2.34. The Morgan fingerprint density at radius 2 is 2.42 bits per heavy atom. The maximum atomic E-state index is 9.72. The molecule has 0 saturated carbocycles. The van der Waals surface area contributed by atoms with Gasteiger partial charge in [0, 0.05) is 29.5 Å². The molecule has 4 heteroatoms. The summed E-state index contributed by atoms with van der Waals surface area (Å²) in [4.78, 5) is 3.79. The van der Waals surface area contributed by atoms with Crippen molar-refractivity contribution >= 4 is 11.3 Å². The average molecular weight is 283 g/mol. The van der Waals surface area contributed by atoms with Gasteiger partial charge in [0.05, 0.1) is 13.2 Å². The van der Waals surface area contributed by atoms with Gasteiger partial charge in [0.15, 0.2) is 0 Å². The minimum atomic E-state index is -0.0588. The molecule has 2 heterocycles. The third-order valence-corrected chi connectivity index (χ3v) is 5.05.